The van der Waals surface area contributed by atoms with Gasteiger partial charge in [0.1, 0.15) is 0 Å². The van der Waals surface area contributed by atoms with Crippen molar-refractivity contribution in [1.29, 1.82) is 5.26 Å². The lowest BCUT2D eigenvalue weighted by Gasteiger charge is -2.46. The van der Waals surface area contributed by atoms with Gasteiger partial charge in [-0.3, -0.25) is 4.90 Å². The van der Waals surface area contributed by atoms with Crippen LogP contribution >= 0.6 is 12.4 Å². The zero-order valence-corrected chi connectivity index (χ0v) is 19.9. The number of anilines is 1. The molecule has 1 saturated heterocycles. The molecule has 2 aliphatic rings. The second-order valence-electron chi connectivity index (χ2n) is 10.7. The summed E-state index contributed by atoms with van der Waals surface area (Å²) in [5, 5.41) is 9.51. The molecule has 1 aromatic rings. The number of rotatable bonds is 5. The summed E-state index contributed by atoms with van der Waals surface area (Å²) < 4.78 is 0. The van der Waals surface area contributed by atoms with Crippen molar-refractivity contribution < 1.29 is 0 Å². The van der Waals surface area contributed by atoms with Crippen molar-refractivity contribution >= 4 is 18.1 Å². The van der Waals surface area contributed by atoms with Crippen molar-refractivity contribution in [3.05, 3.63) is 29.3 Å². The molecule has 0 amide bonds. The summed E-state index contributed by atoms with van der Waals surface area (Å²) in [7, 11) is 0. The first-order chi connectivity index (χ1) is 13.2. The number of unbranched alkanes of at least 4 members (excludes halogenated alkanes) is 1. The Labute approximate surface area is 184 Å². The Balaban J connectivity index is 0.00000300. The van der Waals surface area contributed by atoms with Gasteiger partial charge in [0.05, 0.1) is 11.6 Å². The normalized spacial score (nSPS) is 22.0. The summed E-state index contributed by atoms with van der Waals surface area (Å²) in [6, 6.07) is 8.82. The molecule has 0 N–H and O–H groups in total. The number of hydrogen-bond acceptors (Lipinski definition) is 3. The SMILES string of the molecule is CCCCN1CCN(c2ccc(C#N)cc2C2CC(C)(C)CC(C)(C)C2)CC1.Cl. The number of hydrogen-bond donors (Lipinski definition) is 0. The highest BCUT2D eigenvalue weighted by Gasteiger charge is 2.40. The van der Waals surface area contributed by atoms with Gasteiger partial charge < -0.3 is 4.90 Å². The number of nitriles is 1. The lowest BCUT2D eigenvalue weighted by molar-refractivity contribution is 0.0969. The summed E-state index contributed by atoms with van der Waals surface area (Å²) in [4.78, 5) is 5.18. The Morgan fingerprint density at radius 2 is 1.66 bits per heavy atom. The molecule has 1 aliphatic heterocycles. The molecule has 1 aliphatic carbocycles. The summed E-state index contributed by atoms with van der Waals surface area (Å²) in [5.74, 6) is 0.542. The Kier molecular flexibility index (Phi) is 8.05. The average molecular weight is 418 g/mol. The third-order valence-electron chi connectivity index (χ3n) is 6.69. The first-order valence-electron chi connectivity index (χ1n) is 11.2. The molecule has 1 saturated carbocycles. The fraction of sp³-hybridized carbons (Fsp3) is 0.720. The lowest BCUT2D eigenvalue weighted by Crippen LogP contribution is -2.47. The van der Waals surface area contributed by atoms with Crippen LogP contribution in [0.2, 0.25) is 0 Å². The van der Waals surface area contributed by atoms with Crippen molar-refractivity contribution in [2.24, 2.45) is 10.8 Å². The van der Waals surface area contributed by atoms with Gasteiger partial charge in [-0.2, -0.15) is 5.26 Å². The number of halogens is 1. The Hall–Kier alpha value is -1.24. The topological polar surface area (TPSA) is 30.3 Å². The maximum Gasteiger partial charge on any atom is 0.0991 e. The van der Waals surface area contributed by atoms with Crippen LogP contribution in [-0.4, -0.2) is 37.6 Å². The monoisotopic (exact) mass is 417 g/mol. The second kappa shape index (κ2) is 9.71. The molecule has 0 atom stereocenters. The van der Waals surface area contributed by atoms with Crippen LogP contribution in [0.5, 0.6) is 0 Å². The van der Waals surface area contributed by atoms with Gasteiger partial charge in [-0.1, -0.05) is 41.0 Å². The second-order valence-corrected chi connectivity index (χ2v) is 10.7. The van der Waals surface area contributed by atoms with Crippen LogP contribution in [0.4, 0.5) is 5.69 Å². The fourth-order valence-electron chi connectivity index (χ4n) is 5.90. The van der Waals surface area contributed by atoms with E-state index in [0.717, 1.165) is 31.7 Å². The van der Waals surface area contributed by atoms with E-state index >= 15 is 0 Å². The van der Waals surface area contributed by atoms with E-state index in [-0.39, 0.29) is 12.4 Å². The van der Waals surface area contributed by atoms with Crippen LogP contribution in [0.25, 0.3) is 0 Å². The summed E-state index contributed by atoms with van der Waals surface area (Å²) >= 11 is 0. The van der Waals surface area contributed by atoms with Gasteiger partial charge in [0.15, 0.2) is 0 Å². The maximum absolute atomic E-state index is 9.51. The van der Waals surface area contributed by atoms with E-state index in [1.165, 1.54) is 49.9 Å². The number of nitrogens with zero attached hydrogens (tertiary/aromatic N) is 3. The first-order valence-corrected chi connectivity index (χ1v) is 11.2. The highest BCUT2D eigenvalue weighted by Crippen LogP contribution is 2.53. The molecule has 0 radical (unpaired) electrons. The zero-order valence-electron chi connectivity index (χ0n) is 19.1. The van der Waals surface area contributed by atoms with Crippen LogP contribution in [0.15, 0.2) is 18.2 Å². The molecule has 1 aromatic carbocycles. The van der Waals surface area contributed by atoms with Gasteiger partial charge in [0.25, 0.3) is 0 Å². The molecular formula is C25H40ClN3. The minimum atomic E-state index is 0. The molecule has 3 rings (SSSR count). The van der Waals surface area contributed by atoms with Crippen LogP contribution in [0.1, 0.15) is 83.8 Å². The van der Waals surface area contributed by atoms with E-state index in [1.807, 2.05) is 6.07 Å². The molecule has 4 heteroatoms. The summed E-state index contributed by atoms with van der Waals surface area (Å²) in [5.41, 5.74) is 4.31. The van der Waals surface area contributed by atoms with Crippen LogP contribution in [0.3, 0.4) is 0 Å². The smallest absolute Gasteiger partial charge is 0.0991 e. The first kappa shape index (κ1) is 24.0. The van der Waals surface area contributed by atoms with E-state index in [2.05, 4.69) is 62.6 Å². The number of piperazine rings is 1. The largest absolute Gasteiger partial charge is 0.369 e. The molecule has 0 bridgehead atoms. The van der Waals surface area contributed by atoms with Crippen molar-refractivity contribution in [1.82, 2.24) is 4.90 Å². The van der Waals surface area contributed by atoms with Gasteiger partial charge in [0.2, 0.25) is 0 Å². The van der Waals surface area contributed by atoms with Gasteiger partial charge >= 0.3 is 0 Å². The highest BCUT2D eigenvalue weighted by molar-refractivity contribution is 5.85. The quantitative estimate of drug-likeness (QED) is 0.569. The Bertz CT molecular complexity index is 695. The molecule has 0 aromatic heterocycles. The third kappa shape index (κ3) is 6.12. The fourth-order valence-corrected chi connectivity index (χ4v) is 5.90. The molecule has 0 unspecified atom stereocenters. The molecule has 3 nitrogen and oxygen atoms in total. The molecule has 29 heavy (non-hydrogen) atoms. The van der Waals surface area contributed by atoms with Gasteiger partial charge in [0, 0.05) is 31.9 Å². The maximum atomic E-state index is 9.51. The van der Waals surface area contributed by atoms with Crippen molar-refractivity contribution in [3.63, 3.8) is 0 Å². The highest BCUT2D eigenvalue weighted by atomic mass is 35.5. The van der Waals surface area contributed by atoms with E-state index in [4.69, 9.17) is 0 Å². The molecule has 2 fully saturated rings. The Morgan fingerprint density at radius 1 is 1.03 bits per heavy atom. The lowest BCUT2D eigenvalue weighted by atomic mass is 9.60. The number of benzene rings is 1. The van der Waals surface area contributed by atoms with Crippen molar-refractivity contribution in [2.45, 2.75) is 72.6 Å². The van der Waals surface area contributed by atoms with Crippen molar-refractivity contribution in [3.8, 4) is 6.07 Å². The van der Waals surface area contributed by atoms with Crippen LogP contribution in [-0.2, 0) is 0 Å². The minimum absolute atomic E-state index is 0. The molecule has 162 valence electrons. The van der Waals surface area contributed by atoms with Gasteiger partial charge in [-0.05, 0) is 72.7 Å². The van der Waals surface area contributed by atoms with E-state index in [9.17, 15) is 5.26 Å². The predicted molar refractivity (Wildman–Crippen MR) is 126 cm³/mol. The van der Waals surface area contributed by atoms with Gasteiger partial charge in [-0.15, -0.1) is 12.4 Å². The van der Waals surface area contributed by atoms with E-state index in [1.54, 1.807) is 0 Å². The van der Waals surface area contributed by atoms with Crippen LogP contribution < -0.4 is 4.90 Å². The van der Waals surface area contributed by atoms with Crippen LogP contribution in [0, 0.1) is 22.2 Å². The summed E-state index contributed by atoms with van der Waals surface area (Å²) in [6.45, 7) is 17.7. The van der Waals surface area contributed by atoms with E-state index < -0.39 is 0 Å². The standard InChI is InChI=1S/C25H39N3.ClH/c1-6-7-10-27-11-13-28(14-12-27)23-9-8-20(18-26)15-22(23)21-16-24(2,3)19-25(4,5)17-21;/h8-9,15,21H,6-7,10-14,16-17,19H2,1-5H3;1H. The van der Waals surface area contributed by atoms with Gasteiger partial charge in [-0.25, -0.2) is 0 Å². The molecule has 1 heterocycles. The molecule has 0 spiro atoms. The molecular weight excluding hydrogens is 378 g/mol. The Morgan fingerprint density at radius 3 is 2.21 bits per heavy atom. The average Bonchev–Trinajstić information content (AvgIpc) is 2.64. The minimum Gasteiger partial charge on any atom is -0.369 e. The predicted octanol–water partition coefficient (Wildman–Crippen LogP) is 6.22. The third-order valence-corrected chi connectivity index (χ3v) is 6.69. The summed E-state index contributed by atoms with van der Waals surface area (Å²) in [6.07, 6.45) is 6.28. The van der Waals surface area contributed by atoms with E-state index in [0.29, 0.717) is 16.7 Å². The zero-order chi connectivity index (χ0) is 20.4. The van der Waals surface area contributed by atoms with Crippen molar-refractivity contribution in [2.75, 3.05) is 37.6 Å².